The normalized spacial score (nSPS) is 17.1. The van der Waals surface area contributed by atoms with E-state index in [1.165, 1.54) is 0 Å². The summed E-state index contributed by atoms with van der Waals surface area (Å²) >= 11 is 0. The zero-order valence-corrected chi connectivity index (χ0v) is 13.7. The molecular formula is C18H18N4O2. The maximum atomic E-state index is 12.6. The van der Waals surface area contributed by atoms with E-state index < -0.39 is 0 Å². The lowest BCUT2D eigenvalue weighted by atomic mass is 9.82. The van der Waals surface area contributed by atoms with Crippen LogP contribution >= 0.6 is 0 Å². The number of carbonyl (C=O) groups excluding carboxylic acids is 1. The fraction of sp³-hybridized carbons (Fsp3) is 0.333. The SMILES string of the molecule is CCc1nc2ncc3c(n2n1)CC(c1ccc(OC)cc1)CC3=O. The van der Waals surface area contributed by atoms with Crippen molar-refractivity contribution in [1.82, 2.24) is 19.6 Å². The molecule has 24 heavy (non-hydrogen) atoms. The molecule has 0 saturated carbocycles. The molecule has 0 bridgehead atoms. The van der Waals surface area contributed by atoms with Gasteiger partial charge in [0.2, 0.25) is 0 Å². The van der Waals surface area contributed by atoms with Crippen molar-refractivity contribution in [3.05, 3.63) is 53.1 Å². The first-order chi connectivity index (χ1) is 11.7. The third-order valence-electron chi connectivity index (χ3n) is 4.59. The Kier molecular flexibility index (Phi) is 3.52. The molecule has 0 amide bonds. The van der Waals surface area contributed by atoms with Gasteiger partial charge >= 0.3 is 0 Å². The first-order valence-corrected chi connectivity index (χ1v) is 8.10. The van der Waals surface area contributed by atoms with E-state index >= 15 is 0 Å². The summed E-state index contributed by atoms with van der Waals surface area (Å²) in [6.07, 6.45) is 3.63. The summed E-state index contributed by atoms with van der Waals surface area (Å²) in [6.45, 7) is 2.01. The molecule has 6 nitrogen and oxygen atoms in total. The topological polar surface area (TPSA) is 69.4 Å². The van der Waals surface area contributed by atoms with Crippen LogP contribution in [-0.4, -0.2) is 32.5 Å². The Hall–Kier alpha value is -2.76. The molecule has 2 aromatic heterocycles. The molecule has 0 radical (unpaired) electrons. The predicted molar refractivity (Wildman–Crippen MR) is 88.5 cm³/mol. The average molecular weight is 322 g/mol. The Morgan fingerprint density at radius 1 is 1.25 bits per heavy atom. The summed E-state index contributed by atoms with van der Waals surface area (Å²) in [7, 11) is 1.65. The van der Waals surface area contributed by atoms with E-state index in [1.54, 1.807) is 17.8 Å². The van der Waals surface area contributed by atoms with E-state index in [2.05, 4.69) is 15.1 Å². The number of ketones is 1. The number of rotatable bonds is 3. The smallest absolute Gasteiger partial charge is 0.252 e. The van der Waals surface area contributed by atoms with E-state index in [0.29, 0.717) is 17.8 Å². The Labute approximate surface area is 139 Å². The van der Waals surface area contributed by atoms with Gasteiger partial charge in [-0.2, -0.15) is 4.98 Å². The Balaban J connectivity index is 1.76. The minimum Gasteiger partial charge on any atom is -0.497 e. The van der Waals surface area contributed by atoms with Crippen LogP contribution in [0, 0.1) is 0 Å². The van der Waals surface area contributed by atoms with Gasteiger partial charge in [-0.1, -0.05) is 19.1 Å². The predicted octanol–water partition coefficient (Wildman–Crippen LogP) is 2.61. The quantitative estimate of drug-likeness (QED) is 0.741. The Bertz CT molecular complexity index is 915. The molecule has 1 aliphatic carbocycles. The highest BCUT2D eigenvalue weighted by molar-refractivity contribution is 5.98. The molecule has 0 N–H and O–H groups in total. The summed E-state index contributed by atoms with van der Waals surface area (Å²) < 4.78 is 6.95. The van der Waals surface area contributed by atoms with Gasteiger partial charge in [0.25, 0.3) is 5.78 Å². The van der Waals surface area contributed by atoms with Crippen molar-refractivity contribution >= 4 is 11.6 Å². The van der Waals surface area contributed by atoms with Crippen LogP contribution in [-0.2, 0) is 12.8 Å². The molecule has 1 aliphatic rings. The minimum absolute atomic E-state index is 0.111. The summed E-state index contributed by atoms with van der Waals surface area (Å²) in [4.78, 5) is 21.3. The van der Waals surface area contributed by atoms with Crippen molar-refractivity contribution in [3.8, 4) is 5.75 Å². The van der Waals surface area contributed by atoms with Crippen molar-refractivity contribution in [3.63, 3.8) is 0 Å². The van der Waals surface area contributed by atoms with Crippen LogP contribution < -0.4 is 4.74 Å². The van der Waals surface area contributed by atoms with E-state index in [1.807, 2.05) is 31.2 Å². The highest BCUT2D eigenvalue weighted by Crippen LogP contribution is 2.33. The number of methoxy groups -OCH3 is 1. The van der Waals surface area contributed by atoms with Crippen LogP contribution in [0.4, 0.5) is 0 Å². The average Bonchev–Trinajstić information content (AvgIpc) is 3.05. The van der Waals surface area contributed by atoms with Crippen LogP contribution in [0.1, 0.15) is 46.7 Å². The molecule has 0 saturated heterocycles. The Morgan fingerprint density at radius 2 is 2.04 bits per heavy atom. The summed E-state index contributed by atoms with van der Waals surface area (Å²) in [6, 6.07) is 7.92. The van der Waals surface area contributed by atoms with Crippen LogP contribution in [0.2, 0.25) is 0 Å². The number of Topliss-reactive ketones (excluding diaryl/α,β-unsaturated/α-hetero) is 1. The van der Waals surface area contributed by atoms with Gasteiger partial charge in [-0.15, -0.1) is 5.10 Å². The second-order valence-electron chi connectivity index (χ2n) is 6.01. The number of nitrogens with zero attached hydrogens (tertiary/aromatic N) is 4. The monoisotopic (exact) mass is 322 g/mol. The van der Waals surface area contributed by atoms with E-state index in [0.717, 1.165) is 35.7 Å². The van der Waals surface area contributed by atoms with Gasteiger partial charge in [0.15, 0.2) is 11.6 Å². The van der Waals surface area contributed by atoms with Crippen LogP contribution in [0.15, 0.2) is 30.5 Å². The molecule has 0 aliphatic heterocycles. The summed E-state index contributed by atoms with van der Waals surface area (Å²) in [5, 5.41) is 4.51. The van der Waals surface area contributed by atoms with Gasteiger partial charge < -0.3 is 4.74 Å². The van der Waals surface area contributed by atoms with Gasteiger partial charge in [0, 0.05) is 19.0 Å². The number of aryl methyl sites for hydroxylation is 1. The summed E-state index contributed by atoms with van der Waals surface area (Å²) in [5.74, 6) is 2.37. The number of fused-ring (bicyclic) bond motifs is 3. The van der Waals surface area contributed by atoms with E-state index in [4.69, 9.17) is 4.74 Å². The molecule has 1 unspecified atom stereocenters. The number of aromatic nitrogens is 4. The van der Waals surface area contributed by atoms with Crippen molar-refractivity contribution < 1.29 is 9.53 Å². The zero-order chi connectivity index (χ0) is 16.7. The number of hydrogen-bond donors (Lipinski definition) is 0. The minimum atomic E-state index is 0.111. The molecule has 3 aromatic rings. The molecule has 122 valence electrons. The molecule has 2 heterocycles. The van der Waals surface area contributed by atoms with Crippen molar-refractivity contribution in [2.24, 2.45) is 0 Å². The van der Waals surface area contributed by atoms with Crippen LogP contribution in [0.25, 0.3) is 5.78 Å². The second kappa shape index (κ2) is 5.70. The summed E-state index contributed by atoms with van der Waals surface area (Å²) in [5.41, 5.74) is 2.71. The molecule has 0 spiro atoms. The number of ether oxygens (including phenoxy) is 1. The molecule has 4 rings (SSSR count). The first-order valence-electron chi connectivity index (χ1n) is 8.10. The van der Waals surface area contributed by atoms with Crippen molar-refractivity contribution in [2.45, 2.75) is 32.1 Å². The largest absolute Gasteiger partial charge is 0.497 e. The first kappa shape index (κ1) is 14.8. The van der Waals surface area contributed by atoms with Crippen molar-refractivity contribution in [1.29, 1.82) is 0 Å². The molecule has 1 atom stereocenters. The second-order valence-corrected chi connectivity index (χ2v) is 6.01. The highest BCUT2D eigenvalue weighted by Gasteiger charge is 2.29. The van der Waals surface area contributed by atoms with Crippen molar-refractivity contribution in [2.75, 3.05) is 7.11 Å². The van der Waals surface area contributed by atoms with Crippen LogP contribution in [0.3, 0.4) is 0 Å². The highest BCUT2D eigenvalue weighted by atomic mass is 16.5. The Morgan fingerprint density at radius 3 is 2.75 bits per heavy atom. The van der Waals surface area contributed by atoms with Gasteiger partial charge in [0.1, 0.15) is 5.75 Å². The molecule has 6 heteroatoms. The maximum Gasteiger partial charge on any atom is 0.252 e. The maximum absolute atomic E-state index is 12.6. The lowest BCUT2D eigenvalue weighted by Gasteiger charge is -2.24. The molecule has 1 aromatic carbocycles. The van der Waals surface area contributed by atoms with Gasteiger partial charge in [-0.05, 0) is 30.0 Å². The fourth-order valence-electron chi connectivity index (χ4n) is 3.25. The van der Waals surface area contributed by atoms with Gasteiger partial charge in [0.05, 0.1) is 18.4 Å². The third kappa shape index (κ3) is 2.35. The standard InChI is InChI=1S/C18H18N4O2/c1-3-17-20-18-19-10-14-15(22(18)21-17)8-12(9-16(14)23)11-4-6-13(24-2)7-5-11/h4-7,10,12H,3,8-9H2,1-2H3. The van der Waals surface area contributed by atoms with Crippen LogP contribution in [0.5, 0.6) is 5.75 Å². The zero-order valence-electron chi connectivity index (χ0n) is 13.7. The van der Waals surface area contributed by atoms with E-state index in [-0.39, 0.29) is 11.7 Å². The lowest BCUT2D eigenvalue weighted by Crippen LogP contribution is -2.22. The number of benzene rings is 1. The molecule has 0 fully saturated rings. The number of hydrogen-bond acceptors (Lipinski definition) is 5. The van der Waals surface area contributed by atoms with Gasteiger partial charge in [-0.3, -0.25) is 4.79 Å². The third-order valence-corrected chi connectivity index (χ3v) is 4.59. The number of carbonyl (C=O) groups is 1. The fourth-order valence-corrected chi connectivity index (χ4v) is 3.25. The van der Waals surface area contributed by atoms with E-state index in [9.17, 15) is 4.79 Å². The van der Waals surface area contributed by atoms with Gasteiger partial charge in [-0.25, -0.2) is 9.50 Å². The lowest BCUT2D eigenvalue weighted by molar-refractivity contribution is 0.0962. The molecular weight excluding hydrogens is 304 g/mol.